The van der Waals surface area contributed by atoms with Crippen LogP contribution in [0.15, 0.2) is 158 Å². The van der Waals surface area contributed by atoms with Crippen molar-refractivity contribution in [2.45, 2.75) is 83.6 Å². The van der Waals surface area contributed by atoms with E-state index in [1.807, 2.05) is 122 Å². The van der Waals surface area contributed by atoms with Crippen LogP contribution in [0.5, 0.6) is 23.0 Å². The number of nitrogens with zero attached hydrogens (tertiary/aromatic N) is 13. The molecule has 8 aliphatic heterocycles. The van der Waals surface area contributed by atoms with E-state index in [2.05, 4.69) is 155 Å². The number of pyridine rings is 1. The van der Waals surface area contributed by atoms with Crippen molar-refractivity contribution in [1.82, 2.24) is 55.5 Å². The third-order valence-corrected chi connectivity index (χ3v) is 26.1. The highest BCUT2D eigenvalue weighted by Crippen LogP contribution is 2.46. The van der Waals surface area contributed by atoms with Gasteiger partial charge in [0.25, 0.3) is 11.8 Å². The van der Waals surface area contributed by atoms with Crippen LogP contribution in [-0.2, 0) is 18.9 Å². The molecule has 4 atom stereocenters. The SMILES string of the molecule is CNC(=O)c1ccccc1Nc1nc(Nc2ccc(N3CCOCC3)cc2OC)nc2c1[C@H](C)CN2.COc1cc(N2CCOCC2)ccc1Nc1nc2c(c(Nc3ccc(F)c(F)c3)n1)C(C)CN2.COc1cc(N2CCOCC2)ccc1Nc1nc2c(c(Nc3cccc(C)n3)n1)C(C)CN2.COc1cc(N2CCOCC2)ccc1Nc1nc2c(c(Nc3ccccc3C(=O)NC3CCC3)n1)[C@H](C)CN2. The summed E-state index contributed by atoms with van der Waals surface area (Å²) in [7, 11) is 8.22. The average molecular weight is 1940 g/mol. The fraction of sp³-hybridized carbons (Fsp3) is 0.369. The Kier molecular flexibility index (Phi) is 30.6. The first-order valence-corrected chi connectivity index (χ1v) is 48.2. The molecule has 2 unspecified atom stereocenters. The quantitative estimate of drug-likeness (QED) is 0.0227. The summed E-state index contributed by atoms with van der Waals surface area (Å²) in [6.07, 6.45) is 3.24. The van der Waals surface area contributed by atoms with Crippen LogP contribution >= 0.6 is 0 Å². The number of halogens is 2. The maximum atomic E-state index is 13.8. The van der Waals surface area contributed by atoms with Crippen LogP contribution in [0.25, 0.3) is 0 Å². The lowest BCUT2D eigenvalue weighted by Crippen LogP contribution is -2.39. The van der Waals surface area contributed by atoms with Gasteiger partial charge in [0, 0.05) is 202 Å². The molecule has 5 fully saturated rings. The zero-order valence-electron chi connectivity index (χ0n) is 81.3. The summed E-state index contributed by atoms with van der Waals surface area (Å²) in [6, 6.07) is 48.9. The van der Waals surface area contributed by atoms with E-state index in [9.17, 15) is 18.4 Å². The van der Waals surface area contributed by atoms with Gasteiger partial charge in [0.1, 0.15) is 75.4 Å². The fourth-order valence-electron chi connectivity index (χ4n) is 18.2. The van der Waals surface area contributed by atoms with Crippen LogP contribution in [0.1, 0.15) is 119 Å². The van der Waals surface area contributed by atoms with Crippen LogP contribution in [0.2, 0.25) is 0 Å². The van der Waals surface area contributed by atoms with Crippen molar-refractivity contribution in [3.8, 4) is 23.0 Å². The Bertz CT molecular complexity index is 6500. The smallest absolute Gasteiger partial charge is 0.253 e. The van der Waals surface area contributed by atoms with Gasteiger partial charge in [-0.2, -0.15) is 39.9 Å². The molecule has 13 heterocycles. The van der Waals surface area contributed by atoms with Crippen LogP contribution in [0.4, 0.5) is 147 Å². The van der Waals surface area contributed by atoms with Gasteiger partial charge in [-0.3, -0.25) is 9.59 Å². The van der Waals surface area contributed by atoms with E-state index in [1.165, 1.54) is 12.5 Å². The molecule has 142 heavy (non-hydrogen) atoms. The molecule has 0 bridgehead atoms. The van der Waals surface area contributed by atoms with Crippen molar-refractivity contribution in [2.75, 3.05) is 250 Å². The van der Waals surface area contributed by atoms with Gasteiger partial charge < -0.3 is 132 Å². The highest BCUT2D eigenvalue weighted by atomic mass is 19.2. The summed E-state index contributed by atoms with van der Waals surface area (Å²) in [6.45, 7) is 26.0. The van der Waals surface area contributed by atoms with E-state index in [4.69, 9.17) is 67.8 Å². The van der Waals surface area contributed by atoms with Gasteiger partial charge in [-0.05, 0) is 123 Å². The molecular formula is C103H121F2N27O10. The number of amides is 2. The predicted octanol–water partition coefficient (Wildman–Crippen LogP) is 17.0. The summed E-state index contributed by atoms with van der Waals surface area (Å²) in [4.78, 5) is 77.1. The zero-order chi connectivity index (χ0) is 98.3. The van der Waals surface area contributed by atoms with Crippen LogP contribution in [0, 0.1) is 18.6 Å². The minimum atomic E-state index is -0.926. The third-order valence-electron chi connectivity index (χ3n) is 26.1. The average Bonchev–Trinajstić information content (AvgIpc) is 1.62. The normalized spacial score (nSPS) is 17.4. The number of fused-ring (bicyclic) bond motifs is 4. The molecule has 14 N–H and O–H groups in total. The number of anilines is 24. The van der Waals surface area contributed by atoms with E-state index < -0.39 is 11.6 Å². The van der Waals surface area contributed by atoms with E-state index in [0.29, 0.717) is 124 Å². The van der Waals surface area contributed by atoms with Gasteiger partial charge in [0.2, 0.25) is 23.8 Å². The van der Waals surface area contributed by atoms with Gasteiger partial charge in [-0.15, -0.1) is 0 Å². The van der Waals surface area contributed by atoms with Gasteiger partial charge in [-0.25, -0.2) is 13.8 Å². The molecular weight excluding hydrogens is 1810 g/mol. The zero-order valence-corrected chi connectivity index (χ0v) is 81.3. The first kappa shape index (κ1) is 96.9. The summed E-state index contributed by atoms with van der Waals surface area (Å²) in [5, 5.41) is 45.9. The van der Waals surface area contributed by atoms with Gasteiger partial charge in [0.15, 0.2) is 11.6 Å². The number of aryl methyl sites for hydroxylation is 1. The number of benzene rings is 7. The number of morpholine rings is 4. The first-order valence-electron chi connectivity index (χ1n) is 48.2. The molecule has 0 radical (unpaired) electrons. The van der Waals surface area contributed by atoms with Crippen molar-refractivity contribution >= 4 is 151 Å². The van der Waals surface area contributed by atoms with E-state index in [0.717, 1.165) is 239 Å². The molecule has 39 heteroatoms. The molecule has 1 saturated carbocycles. The molecule has 21 rings (SSSR count). The first-order chi connectivity index (χ1) is 69.3. The highest BCUT2D eigenvalue weighted by Gasteiger charge is 2.34. The topological polar surface area (TPSA) is 405 Å². The minimum Gasteiger partial charge on any atom is -0.494 e. The Balaban J connectivity index is 0.000000125. The lowest BCUT2D eigenvalue weighted by Gasteiger charge is -2.29. The second kappa shape index (κ2) is 44.8. The minimum absolute atomic E-state index is 0.0666. The standard InChI is InChI=1S/C29H35N7O3.C26H31N7O3.C24H26F2N6O2.C24H29N7O2/c1-18-17-30-26-25(18)27(32-22-9-4-3-8-21(22)28(37)31-19-6-5-7-19)35-29(34-26)33-23-11-10-20(16-24(23)38-2)36-12-14-39-15-13-36;1-16-15-28-23-22(16)24(29-19-7-5-4-6-18(19)25(34)27-2)32-26(31-23)30-20-9-8-17(14-21(20)35-3)33-10-12-36-13-11-33;1-14-13-27-22-21(14)23(28-15-3-5-17(25)18(26)11-15)31-24(30-22)29-19-6-4-16(12-20(19)33-2)32-7-9-34-10-8-32;1-15-14-25-22-21(15)23(28-20-6-4-5-16(2)26-20)30-24(29-22)27-18-8-7-17(13-19(18)32-3)31-9-11-33-12-10-31/h3-4,8-11,16,18-19H,5-7,12-15,17H2,1-2H3,(H,31,37)(H3,30,32,33,34,35);4-9,14,16H,10-13,15H2,1-3H3,(H,27,34)(H3,28,29,30,31,32);3-6,11-12,14H,7-10,13H2,1-2H3,(H3,27,28,29,30,31);4-8,13,15H,9-12,14H2,1-3H3,(H3,25,26,27,28,29,30)/t18-;16-;;/m11../s1. The lowest BCUT2D eigenvalue weighted by atomic mass is 9.93. The van der Waals surface area contributed by atoms with Crippen molar-refractivity contribution in [2.24, 2.45) is 0 Å². The molecule has 37 nitrogen and oxygen atoms in total. The molecule has 2 amide bonds. The number of carbonyl (C=O) groups excluding carboxylic acids is 2. The summed E-state index contributed by atoms with van der Waals surface area (Å²) < 4.78 is 71.7. The second-order valence-electron chi connectivity index (χ2n) is 35.8. The molecule has 742 valence electrons. The highest BCUT2D eigenvalue weighted by molar-refractivity contribution is 6.01. The number of hydrogen-bond acceptors (Lipinski definition) is 35. The lowest BCUT2D eigenvalue weighted by molar-refractivity contribution is 0.0916. The molecule has 4 saturated heterocycles. The van der Waals surface area contributed by atoms with Crippen molar-refractivity contribution in [3.05, 3.63) is 208 Å². The molecule has 12 aromatic rings. The van der Waals surface area contributed by atoms with Crippen LogP contribution < -0.4 is 113 Å². The monoisotopic (exact) mass is 1930 g/mol. The fourth-order valence-corrected chi connectivity index (χ4v) is 18.2. The number of hydrogen-bond donors (Lipinski definition) is 14. The number of aromatic nitrogens is 9. The Morgan fingerprint density at radius 1 is 0.359 bits per heavy atom. The van der Waals surface area contributed by atoms with E-state index in [1.54, 1.807) is 41.6 Å². The number of methoxy groups -OCH3 is 4. The van der Waals surface area contributed by atoms with Crippen molar-refractivity contribution in [1.29, 1.82) is 0 Å². The van der Waals surface area contributed by atoms with Crippen LogP contribution in [0.3, 0.4) is 0 Å². The van der Waals surface area contributed by atoms with Gasteiger partial charge in [0.05, 0.1) is 127 Å². The number of carbonyl (C=O) groups is 2. The Hall–Kier alpha value is -15.4. The molecule has 7 aromatic carbocycles. The summed E-state index contributed by atoms with van der Waals surface area (Å²) in [5.74, 6) is 9.75. The summed E-state index contributed by atoms with van der Waals surface area (Å²) in [5.41, 5.74) is 15.2. The summed E-state index contributed by atoms with van der Waals surface area (Å²) >= 11 is 0. The maximum absolute atomic E-state index is 13.8. The number of para-hydroxylation sites is 2. The molecule has 5 aromatic heterocycles. The second-order valence-corrected chi connectivity index (χ2v) is 35.8. The Morgan fingerprint density at radius 3 is 1.02 bits per heavy atom. The number of rotatable bonds is 27. The maximum Gasteiger partial charge on any atom is 0.253 e. The predicted molar refractivity (Wildman–Crippen MR) is 553 cm³/mol. The Labute approximate surface area is 823 Å². The molecule has 0 spiro atoms. The third kappa shape index (κ3) is 22.7. The largest absolute Gasteiger partial charge is 0.494 e. The van der Waals surface area contributed by atoms with Crippen molar-refractivity contribution in [3.63, 3.8) is 0 Å². The number of ether oxygens (including phenoxy) is 8. The molecule has 1 aliphatic carbocycles. The van der Waals surface area contributed by atoms with Gasteiger partial charge >= 0.3 is 0 Å². The Morgan fingerprint density at radius 2 is 0.697 bits per heavy atom. The molecule has 9 aliphatic rings. The van der Waals surface area contributed by atoms with Crippen molar-refractivity contribution < 1.29 is 56.3 Å². The van der Waals surface area contributed by atoms with Crippen LogP contribution in [-0.4, -0.2) is 230 Å². The number of nitrogens with one attached hydrogen (secondary N) is 14. The van der Waals surface area contributed by atoms with E-state index >= 15 is 0 Å². The van der Waals surface area contributed by atoms with Gasteiger partial charge in [-0.1, -0.05) is 58.0 Å². The van der Waals surface area contributed by atoms with E-state index in [-0.39, 0.29) is 35.6 Å².